The van der Waals surface area contributed by atoms with Crippen molar-refractivity contribution >= 4 is 5.82 Å². The van der Waals surface area contributed by atoms with Gasteiger partial charge in [0, 0.05) is 0 Å². The van der Waals surface area contributed by atoms with E-state index in [1.165, 1.54) is 0 Å². The highest BCUT2D eigenvalue weighted by molar-refractivity contribution is 5.26. The van der Waals surface area contributed by atoms with Gasteiger partial charge in [-0.05, 0) is 0 Å². The van der Waals surface area contributed by atoms with Crippen LogP contribution in [0, 0.1) is 5.82 Å². The molecule has 8 nitrogen and oxygen atoms in total. The molecule has 0 radical (unpaired) electrons. The minimum Gasteiger partial charge on any atom is -0.394 e. The number of hydrogen-bond acceptors (Lipinski definition) is 7. The highest BCUT2D eigenvalue weighted by atomic mass is 19.1. The van der Waals surface area contributed by atoms with Gasteiger partial charge in [-0.2, -0.15) is 4.98 Å². The number of ether oxygens (including phenoxy) is 1. The lowest BCUT2D eigenvalue weighted by molar-refractivity contribution is -0.0553. The van der Waals surface area contributed by atoms with Crippen molar-refractivity contribution in [2.75, 3.05) is 12.3 Å². The van der Waals surface area contributed by atoms with Crippen molar-refractivity contribution in [2.45, 2.75) is 24.5 Å². The SMILES string of the molecule is Nc1nc(=O)n([C@H]2O[C@@H](CO)[C@@H](O)[C@H]2O)cc1F. The fraction of sp³-hybridized carbons (Fsp3) is 0.556. The molecular weight excluding hydrogens is 249 g/mol. The van der Waals surface area contributed by atoms with Crippen LogP contribution in [0.4, 0.5) is 10.2 Å². The van der Waals surface area contributed by atoms with Gasteiger partial charge in [-0.15, -0.1) is 0 Å². The predicted octanol–water partition coefficient (Wildman–Crippen LogP) is -2.42. The van der Waals surface area contributed by atoms with Gasteiger partial charge >= 0.3 is 5.69 Å². The second-order valence-electron chi connectivity index (χ2n) is 3.89. The Hall–Kier alpha value is -1.55. The Bertz CT molecular complexity index is 507. The lowest BCUT2D eigenvalue weighted by atomic mass is 10.1. The molecule has 1 aliphatic rings. The van der Waals surface area contributed by atoms with Crippen molar-refractivity contribution in [3.05, 3.63) is 22.5 Å². The number of nitrogens with zero attached hydrogens (tertiary/aromatic N) is 2. The van der Waals surface area contributed by atoms with Crippen molar-refractivity contribution in [1.29, 1.82) is 0 Å². The second kappa shape index (κ2) is 4.61. The van der Waals surface area contributed by atoms with E-state index in [1.54, 1.807) is 0 Å². The van der Waals surface area contributed by atoms with Crippen LogP contribution < -0.4 is 11.4 Å². The summed E-state index contributed by atoms with van der Waals surface area (Å²) in [6.45, 7) is -0.547. The maximum absolute atomic E-state index is 13.2. The molecule has 1 aromatic rings. The van der Waals surface area contributed by atoms with E-state index in [9.17, 15) is 19.4 Å². The van der Waals surface area contributed by atoms with Crippen molar-refractivity contribution in [3.63, 3.8) is 0 Å². The minimum atomic E-state index is -1.48. The molecule has 0 bridgehead atoms. The number of halogens is 1. The van der Waals surface area contributed by atoms with Crippen molar-refractivity contribution in [3.8, 4) is 0 Å². The summed E-state index contributed by atoms with van der Waals surface area (Å²) in [7, 11) is 0. The largest absolute Gasteiger partial charge is 0.394 e. The molecule has 4 atom stereocenters. The number of hydrogen-bond donors (Lipinski definition) is 4. The molecule has 0 aromatic carbocycles. The van der Waals surface area contributed by atoms with Gasteiger partial charge in [0.2, 0.25) is 0 Å². The zero-order valence-electron chi connectivity index (χ0n) is 9.10. The monoisotopic (exact) mass is 261 g/mol. The van der Waals surface area contributed by atoms with Gasteiger partial charge < -0.3 is 25.8 Å². The first-order valence-electron chi connectivity index (χ1n) is 5.12. The first-order chi connectivity index (χ1) is 8.45. The maximum Gasteiger partial charge on any atom is 0.351 e. The Morgan fingerprint density at radius 1 is 1.50 bits per heavy atom. The third-order valence-corrected chi connectivity index (χ3v) is 2.73. The lowest BCUT2D eigenvalue weighted by Gasteiger charge is -2.17. The van der Waals surface area contributed by atoms with Crippen LogP contribution in [0.2, 0.25) is 0 Å². The molecule has 100 valence electrons. The van der Waals surface area contributed by atoms with E-state index in [4.69, 9.17) is 15.6 Å². The van der Waals surface area contributed by atoms with Crippen molar-refractivity contribution < 1.29 is 24.4 Å². The summed E-state index contributed by atoms with van der Waals surface area (Å²) in [4.78, 5) is 14.7. The summed E-state index contributed by atoms with van der Waals surface area (Å²) >= 11 is 0. The van der Waals surface area contributed by atoms with E-state index in [0.29, 0.717) is 4.57 Å². The summed E-state index contributed by atoms with van der Waals surface area (Å²) in [5, 5.41) is 28.1. The van der Waals surface area contributed by atoms with Crippen LogP contribution in [0.5, 0.6) is 0 Å². The van der Waals surface area contributed by atoms with E-state index >= 15 is 0 Å². The average molecular weight is 261 g/mol. The minimum absolute atomic E-state index is 0.547. The number of aliphatic hydroxyl groups excluding tert-OH is 3. The molecule has 5 N–H and O–H groups in total. The first kappa shape index (κ1) is 12.9. The third kappa shape index (κ3) is 1.97. The summed E-state index contributed by atoms with van der Waals surface area (Å²) in [6, 6.07) is 0. The fourth-order valence-corrected chi connectivity index (χ4v) is 1.75. The topological polar surface area (TPSA) is 131 Å². The van der Waals surface area contributed by atoms with Gasteiger partial charge in [0.15, 0.2) is 17.9 Å². The van der Waals surface area contributed by atoms with Crippen LogP contribution in [0.15, 0.2) is 11.0 Å². The van der Waals surface area contributed by atoms with Gasteiger partial charge in [0.05, 0.1) is 12.8 Å². The normalized spacial score (nSPS) is 31.8. The van der Waals surface area contributed by atoms with E-state index < -0.39 is 48.5 Å². The molecule has 1 aromatic heterocycles. The number of aliphatic hydroxyl groups is 3. The molecule has 0 aliphatic carbocycles. The van der Waals surface area contributed by atoms with E-state index in [0.717, 1.165) is 6.20 Å². The van der Waals surface area contributed by atoms with Gasteiger partial charge in [-0.25, -0.2) is 9.18 Å². The molecule has 1 aliphatic heterocycles. The summed E-state index contributed by atoms with van der Waals surface area (Å²) < 4.78 is 19.0. The summed E-state index contributed by atoms with van der Waals surface area (Å²) in [5.41, 5.74) is 4.18. The Morgan fingerprint density at radius 3 is 2.72 bits per heavy atom. The van der Waals surface area contributed by atoms with Crippen LogP contribution in [0.3, 0.4) is 0 Å². The van der Waals surface area contributed by atoms with Crippen LogP contribution >= 0.6 is 0 Å². The van der Waals surface area contributed by atoms with Gasteiger partial charge in [0.25, 0.3) is 0 Å². The zero-order chi connectivity index (χ0) is 13.4. The molecule has 1 saturated heterocycles. The molecule has 2 rings (SSSR count). The summed E-state index contributed by atoms with van der Waals surface area (Å²) in [6.07, 6.45) is -4.52. The van der Waals surface area contributed by atoms with Crippen molar-refractivity contribution in [1.82, 2.24) is 9.55 Å². The Labute approximate surface area is 100 Å². The first-order valence-corrected chi connectivity index (χ1v) is 5.12. The molecule has 18 heavy (non-hydrogen) atoms. The molecule has 0 amide bonds. The Kier molecular flexibility index (Phi) is 3.30. The third-order valence-electron chi connectivity index (χ3n) is 2.73. The fourth-order valence-electron chi connectivity index (χ4n) is 1.75. The molecule has 1 fully saturated rings. The number of aromatic nitrogens is 2. The average Bonchev–Trinajstić information content (AvgIpc) is 2.61. The van der Waals surface area contributed by atoms with Gasteiger partial charge in [0.1, 0.15) is 18.3 Å². The molecule has 0 saturated carbocycles. The number of nitrogens with two attached hydrogens (primary N) is 1. The summed E-state index contributed by atoms with van der Waals surface area (Å²) in [5.74, 6) is -1.52. The predicted molar refractivity (Wildman–Crippen MR) is 55.9 cm³/mol. The molecular formula is C9H12FN3O5. The molecule has 0 unspecified atom stereocenters. The van der Waals surface area contributed by atoms with Crippen LogP contribution in [-0.4, -0.2) is 49.8 Å². The van der Waals surface area contributed by atoms with Gasteiger partial charge in [-0.3, -0.25) is 4.57 Å². The number of nitrogen functional groups attached to an aromatic ring is 1. The van der Waals surface area contributed by atoms with E-state index in [1.807, 2.05) is 0 Å². The quantitative estimate of drug-likeness (QED) is 0.465. The van der Waals surface area contributed by atoms with Gasteiger partial charge in [-0.1, -0.05) is 0 Å². The highest BCUT2D eigenvalue weighted by Crippen LogP contribution is 2.28. The molecule has 2 heterocycles. The number of rotatable bonds is 2. The second-order valence-corrected chi connectivity index (χ2v) is 3.89. The Balaban J connectivity index is 2.39. The molecule has 0 spiro atoms. The smallest absolute Gasteiger partial charge is 0.351 e. The lowest BCUT2D eigenvalue weighted by Crippen LogP contribution is -2.36. The van der Waals surface area contributed by atoms with E-state index in [-0.39, 0.29) is 0 Å². The zero-order valence-corrected chi connectivity index (χ0v) is 9.10. The standard InChI is InChI=1S/C9H12FN3O5/c10-3-1-13(9(17)12-7(3)11)8-6(16)5(15)4(2-14)18-8/h1,4-6,8,14-16H,2H2,(H2,11,12,17)/t4-,5+,6+,8-/m0/s1. The maximum atomic E-state index is 13.2. The number of anilines is 1. The Morgan fingerprint density at radius 2 is 2.17 bits per heavy atom. The van der Waals surface area contributed by atoms with Crippen LogP contribution in [0.1, 0.15) is 6.23 Å². The van der Waals surface area contributed by atoms with E-state index in [2.05, 4.69) is 4.98 Å². The molecule has 9 heteroatoms. The van der Waals surface area contributed by atoms with Crippen LogP contribution in [-0.2, 0) is 4.74 Å². The van der Waals surface area contributed by atoms with Crippen molar-refractivity contribution in [2.24, 2.45) is 0 Å². The van der Waals surface area contributed by atoms with Crippen LogP contribution in [0.25, 0.3) is 0 Å². The highest BCUT2D eigenvalue weighted by Gasteiger charge is 2.43.